The minimum Gasteiger partial charge on any atom is -0.384 e. The van der Waals surface area contributed by atoms with Crippen LogP contribution in [0.2, 0.25) is 0 Å². The predicted octanol–water partition coefficient (Wildman–Crippen LogP) is 0.984. The van der Waals surface area contributed by atoms with E-state index >= 15 is 0 Å². The van der Waals surface area contributed by atoms with E-state index in [1.807, 2.05) is 30.9 Å². The van der Waals surface area contributed by atoms with E-state index in [9.17, 15) is 0 Å². The molecule has 0 fully saturated rings. The van der Waals surface area contributed by atoms with Gasteiger partial charge in [0.05, 0.1) is 12.7 Å². The Bertz CT molecular complexity index is 484. The molecular formula is C11H16N6. The third-order valence-electron chi connectivity index (χ3n) is 2.27. The van der Waals surface area contributed by atoms with Gasteiger partial charge >= 0.3 is 0 Å². The Kier molecular flexibility index (Phi) is 3.22. The van der Waals surface area contributed by atoms with Crippen LogP contribution in [0, 0.1) is 13.8 Å². The Hall–Kier alpha value is -2.11. The Labute approximate surface area is 99.9 Å². The minimum absolute atomic E-state index is 0.481. The van der Waals surface area contributed by atoms with Gasteiger partial charge in [0, 0.05) is 18.8 Å². The molecule has 0 spiro atoms. The van der Waals surface area contributed by atoms with Crippen molar-refractivity contribution in [3.8, 4) is 0 Å². The van der Waals surface area contributed by atoms with Gasteiger partial charge in [0.2, 0.25) is 0 Å². The van der Waals surface area contributed by atoms with Crippen molar-refractivity contribution in [2.24, 2.45) is 0 Å². The van der Waals surface area contributed by atoms with Crippen LogP contribution in [-0.4, -0.2) is 26.3 Å². The molecule has 0 saturated carbocycles. The summed E-state index contributed by atoms with van der Waals surface area (Å²) in [5.74, 6) is 1.90. The third kappa shape index (κ3) is 3.17. The van der Waals surface area contributed by atoms with Gasteiger partial charge in [-0.25, -0.2) is 9.97 Å². The second-order valence-electron chi connectivity index (χ2n) is 3.93. The molecule has 2 aromatic rings. The molecule has 6 heteroatoms. The molecule has 6 nitrogen and oxygen atoms in total. The van der Waals surface area contributed by atoms with E-state index in [-0.39, 0.29) is 0 Å². The molecule has 17 heavy (non-hydrogen) atoms. The molecule has 0 aliphatic carbocycles. The molecule has 0 aliphatic rings. The molecular weight excluding hydrogens is 216 g/mol. The van der Waals surface area contributed by atoms with Crippen LogP contribution in [0.1, 0.15) is 11.4 Å². The summed E-state index contributed by atoms with van der Waals surface area (Å²) in [6.45, 7) is 5.37. The summed E-state index contributed by atoms with van der Waals surface area (Å²) >= 11 is 0. The highest BCUT2D eigenvalue weighted by atomic mass is 15.3. The van der Waals surface area contributed by atoms with Crippen molar-refractivity contribution in [1.82, 2.24) is 19.7 Å². The Morgan fingerprint density at radius 1 is 1.35 bits per heavy atom. The lowest BCUT2D eigenvalue weighted by molar-refractivity contribution is 0.636. The minimum atomic E-state index is 0.481. The van der Waals surface area contributed by atoms with Crippen LogP contribution >= 0.6 is 0 Å². The van der Waals surface area contributed by atoms with Crippen molar-refractivity contribution < 1.29 is 0 Å². The van der Waals surface area contributed by atoms with E-state index in [1.54, 1.807) is 6.07 Å². The number of nitrogen functional groups attached to an aromatic ring is 1. The van der Waals surface area contributed by atoms with E-state index in [4.69, 9.17) is 5.73 Å². The molecule has 0 amide bonds. The number of nitrogens with one attached hydrogen (secondary N) is 1. The molecule has 0 bridgehead atoms. The molecule has 0 saturated heterocycles. The van der Waals surface area contributed by atoms with Gasteiger partial charge in [-0.15, -0.1) is 0 Å². The highest BCUT2D eigenvalue weighted by Crippen LogP contribution is 2.07. The second kappa shape index (κ2) is 4.82. The van der Waals surface area contributed by atoms with E-state index < -0.39 is 0 Å². The van der Waals surface area contributed by atoms with E-state index in [1.165, 1.54) is 0 Å². The van der Waals surface area contributed by atoms with Crippen molar-refractivity contribution in [2.75, 3.05) is 17.6 Å². The molecule has 2 heterocycles. The number of anilines is 2. The van der Waals surface area contributed by atoms with Gasteiger partial charge in [-0.1, -0.05) is 0 Å². The molecule has 0 aromatic carbocycles. The molecule has 0 aliphatic heterocycles. The molecule has 0 unspecified atom stereocenters. The highest BCUT2D eigenvalue weighted by molar-refractivity contribution is 5.44. The number of rotatable bonds is 4. The topological polar surface area (TPSA) is 81.7 Å². The van der Waals surface area contributed by atoms with Crippen molar-refractivity contribution in [3.05, 3.63) is 29.8 Å². The van der Waals surface area contributed by atoms with E-state index in [0.717, 1.165) is 24.5 Å². The first-order chi connectivity index (χ1) is 8.13. The van der Waals surface area contributed by atoms with Crippen LogP contribution in [0.25, 0.3) is 0 Å². The number of hydrogen-bond acceptors (Lipinski definition) is 5. The normalized spacial score (nSPS) is 10.5. The van der Waals surface area contributed by atoms with Gasteiger partial charge in [0.25, 0.3) is 0 Å². The highest BCUT2D eigenvalue weighted by Gasteiger charge is 1.99. The van der Waals surface area contributed by atoms with Crippen molar-refractivity contribution in [1.29, 1.82) is 0 Å². The fourth-order valence-corrected chi connectivity index (χ4v) is 1.57. The average Bonchev–Trinajstić information content (AvgIpc) is 2.63. The molecule has 0 atom stereocenters. The van der Waals surface area contributed by atoms with E-state index in [0.29, 0.717) is 11.6 Å². The maximum atomic E-state index is 5.64. The molecule has 0 radical (unpaired) electrons. The smallest absolute Gasteiger partial charge is 0.131 e. The molecule has 3 N–H and O–H groups in total. The van der Waals surface area contributed by atoms with Crippen LogP contribution in [0.4, 0.5) is 11.6 Å². The Morgan fingerprint density at radius 3 is 2.82 bits per heavy atom. The zero-order chi connectivity index (χ0) is 12.3. The van der Waals surface area contributed by atoms with Gasteiger partial charge in [0.15, 0.2) is 0 Å². The van der Waals surface area contributed by atoms with Gasteiger partial charge in [-0.2, -0.15) is 5.10 Å². The fourth-order valence-electron chi connectivity index (χ4n) is 1.57. The van der Waals surface area contributed by atoms with Crippen LogP contribution in [0.3, 0.4) is 0 Å². The quantitative estimate of drug-likeness (QED) is 0.821. The fraction of sp³-hybridized carbons (Fsp3) is 0.364. The molecule has 2 rings (SSSR count). The number of nitrogens with zero attached hydrogens (tertiary/aromatic N) is 4. The SMILES string of the molecule is Cc1cnn(CCNc2cc(N)nc(C)n2)c1. The lowest BCUT2D eigenvalue weighted by Gasteiger charge is -2.06. The monoisotopic (exact) mass is 232 g/mol. The lowest BCUT2D eigenvalue weighted by atomic mass is 10.4. The first-order valence-corrected chi connectivity index (χ1v) is 5.47. The van der Waals surface area contributed by atoms with Crippen LogP contribution in [0.5, 0.6) is 0 Å². The number of nitrogens with two attached hydrogens (primary N) is 1. The van der Waals surface area contributed by atoms with Gasteiger partial charge in [-0.05, 0) is 19.4 Å². The summed E-state index contributed by atoms with van der Waals surface area (Å²) in [4.78, 5) is 8.25. The first kappa shape index (κ1) is 11.4. The lowest BCUT2D eigenvalue weighted by Crippen LogP contribution is -2.12. The summed E-state index contributed by atoms with van der Waals surface area (Å²) in [5, 5.41) is 7.39. The first-order valence-electron chi connectivity index (χ1n) is 5.47. The summed E-state index contributed by atoms with van der Waals surface area (Å²) in [7, 11) is 0. The maximum Gasteiger partial charge on any atom is 0.131 e. The molecule has 90 valence electrons. The molecule has 2 aromatic heterocycles. The Balaban J connectivity index is 1.89. The third-order valence-corrected chi connectivity index (χ3v) is 2.27. The Morgan fingerprint density at radius 2 is 2.18 bits per heavy atom. The van der Waals surface area contributed by atoms with Gasteiger partial charge in [-0.3, -0.25) is 4.68 Å². The number of aromatic nitrogens is 4. The summed E-state index contributed by atoms with van der Waals surface area (Å²) < 4.78 is 1.89. The maximum absolute atomic E-state index is 5.64. The van der Waals surface area contributed by atoms with Crippen molar-refractivity contribution >= 4 is 11.6 Å². The van der Waals surface area contributed by atoms with E-state index in [2.05, 4.69) is 20.4 Å². The van der Waals surface area contributed by atoms with Crippen molar-refractivity contribution in [2.45, 2.75) is 20.4 Å². The summed E-state index contributed by atoms with van der Waals surface area (Å²) in [6.07, 6.45) is 3.84. The van der Waals surface area contributed by atoms with Gasteiger partial charge < -0.3 is 11.1 Å². The number of hydrogen-bond donors (Lipinski definition) is 2. The zero-order valence-corrected chi connectivity index (χ0v) is 10.0. The van der Waals surface area contributed by atoms with Gasteiger partial charge in [0.1, 0.15) is 17.5 Å². The van der Waals surface area contributed by atoms with Crippen LogP contribution < -0.4 is 11.1 Å². The standard InChI is InChI=1S/C11H16N6/c1-8-6-14-17(7-8)4-3-13-11-5-10(12)15-9(2)16-11/h5-7H,3-4H2,1-2H3,(H3,12,13,15,16). The predicted molar refractivity (Wildman–Crippen MR) is 66.6 cm³/mol. The van der Waals surface area contributed by atoms with Crippen LogP contribution in [-0.2, 0) is 6.54 Å². The summed E-state index contributed by atoms with van der Waals surface area (Å²) in [5.41, 5.74) is 6.80. The largest absolute Gasteiger partial charge is 0.384 e. The summed E-state index contributed by atoms with van der Waals surface area (Å²) in [6, 6.07) is 1.72. The average molecular weight is 232 g/mol. The number of aryl methyl sites for hydroxylation is 2. The zero-order valence-electron chi connectivity index (χ0n) is 10.0. The van der Waals surface area contributed by atoms with Crippen molar-refractivity contribution in [3.63, 3.8) is 0 Å². The van der Waals surface area contributed by atoms with Crippen LogP contribution in [0.15, 0.2) is 18.5 Å². The second-order valence-corrected chi connectivity index (χ2v) is 3.93.